The lowest BCUT2D eigenvalue weighted by atomic mass is 9.76. The molecular formula is C20H24ClN3O4. The van der Waals surface area contributed by atoms with Gasteiger partial charge in [0, 0.05) is 17.6 Å². The molecule has 8 heteroatoms. The Hall–Kier alpha value is -1.96. The smallest absolute Gasteiger partial charge is 0.250 e. The fourth-order valence-corrected chi connectivity index (χ4v) is 5.30. The first-order valence-electron chi connectivity index (χ1n) is 9.59. The van der Waals surface area contributed by atoms with Gasteiger partial charge in [0.15, 0.2) is 0 Å². The fourth-order valence-electron chi connectivity index (χ4n) is 4.98. The molecule has 6 atom stereocenters. The van der Waals surface area contributed by atoms with Crippen molar-refractivity contribution >= 4 is 35.0 Å². The zero-order valence-electron chi connectivity index (χ0n) is 16.2. The van der Waals surface area contributed by atoms with Crippen molar-refractivity contribution in [3.8, 4) is 0 Å². The van der Waals surface area contributed by atoms with Gasteiger partial charge in [0.1, 0.15) is 5.54 Å². The summed E-state index contributed by atoms with van der Waals surface area (Å²) in [5, 5.41) is 16.7. The molecule has 0 saturated carbocycles. The molecule has 3 aliphatic rings. The molecule has 7 nitrogen and oxygen atoms in total. The third-order valence-corrected chi connectivity index (χ3v) is 6.74. The van der Waals surface area contributed by atoms with Crippen LogP contribution in [0, 0.1) is 18.8 Å². The van der Waals surface area contributed by atoms with Gasteiger partial charge in [-0.3, -0.25) is 24.6 Å². The molecule has 0 aliphatic carbocycles. The number of nitrogens with zero attached hydrogens (tertiary/aromatic N) is 1. The van der Waals surface area contributed by atoms with E-state index in [1.165, 1.54) is 4.90 Å². The number of amides is 3. The van der Waals surface area contributed by atoms with Crippen molar-refractivity contribution in [1.82, 2.24) is 10.2 Å². The van der Waals surface area contributed by atoms with Crippen LogP contribution in [0.15, 0.2) is 12.1 Å². The molecule has 28 heavy (non-hydrogen) atoms. The van der Waals surface area contributed by atoms with E-state index < -0.39 is 35.4 Å². The Kier molecular flexibility index (Phi) is 4.34. The lowest BCUT2D eigenvalue weighted by Crippen LogP contribution is -2.55. The highest BCUT2D eigenvalue weighted by molar-refractivity contribution is 6.35. The Morgan fingerprint density at radius 2 is 1.93 bits per heavy atom. The molecule has 3 aliphatic heterocycles. The molecule has 3 amide bonds. The van der Waals surface area contributed by atoms with Gasteiger partial charge in [-0.15, -0.1) is 0 Å². The maximum absolute atomic E-state index is 13.4. The molecule has 2 saturated heterocycles. The summed E-state index contributed by atoms with van der Waals surface area (Å²) in [7, 11) is 0. The summed E-state index contributed by atoms with van der Waals surface area (Å²) in [5.41, 5.74) is 0.436. The number of nitrogens with one attached hydrogen (secondary N) is 2. The van der Waals surface area contributed by atoms with Crippen LogP contribution in [0.3, 0.4) is 0 Å². The van der Waals surface area contributed by atoms with Crippen LogP contribution in [0.4, 0.5) is 5.69 Å². The molecule has 1 aromatic carbocycles. The van der Waals surface area contributed by atoms with E-state index in [2.05, 4.69) is 10.6 Å². The Morgan fingerprint density at radius 1 is 1.25 bits per heavy atom. The maximum atomic E-state index is 13.4. The van der Waals surface area contributed by atoms with E-state index >= 15 is 0 Å². The van der Waals surface area contributed by atoms with Crippen LogP contribution in [0.25, 0.3) is 0 Å². The highest BCUT2D eigenvalue weighted by atomic mass is 35.5. The minimum Gasteiger partial charge on any atom is -0.392 e. The van der Waals surface area contributed by atoms with E-state index in [9.17, 15) is 19.5 Å². The van der Waals surface area contributed by atoms with Crippen LogP contribution < -0.4 is 10.6 Å². The second kappa shape index (κ2) is 6.27. The number of aryl methyl sites for hydroxylation is 1. The summed E-state index contributed by atoms with van der Waals surface area (Å²) in [6, 6.07) is 2.57. The molecule has 0 aromatic heterocycles. The van der Waals surface area contributed by atoms with Crippen molar-refractivity contribution in [3.63, 3.8) is 0 Å². The SMILES string of the molecule is CC[C@H](C)N1C(=O)[C@@H]2[C@H]([C@H](C)O)N[C@]3(C(=O)Nc4c(Cl)cc(C)cc43)[C@H]2C1=O. The molecule has 0 radical (unpaired) electrons. The molecule has 0 bridgehead atoms. The number of imide groups is 1. The molecule has 3 heterocycles. The Balaban J connectivity index is 1.94. The summed E-state index contributed by atoms with van der Waals surface area (Å²) in [6.07, 6.45) is -0.303. The topological polar surface area (TPSA) is 98.7 Å². The summed E-state index contributed by atoms with van der Waals surface area (Å²) in [4.78, 5) is 41.1. The fraction of sp³-hybridized carbons (Fsp3) is 0.550. The number of anilines is 1. The third kappa shape index (κ3) is 2.27. The Labute approximate surface area is 168 Å². The van der Waals surface area contributed by atoms with Gasteiger partial charge in [-0.2, -0.15) is 0 Å². The number of hydrogen-bond acceptors (Lipinski definition) is 5. The first-order valence-corrected chi connectivity index (χ1v) is 9.97. The average Bonchev–Trinajstić information content (AvgIpc) is 3.21. The largest absolute Gasteiger partial charge is 0.392 e. The van der Waals surface area contributed by atoms with Crippen molar-refractivity contribution in [2.75, 3.05) is 5.32 Å². The van der Waals surface area contributed by atoms with Crippen LogP contribution >= 0.6 is 11.6 Å². The minimum absolute atomic E-state index is 0.276. The standard InChI is InChI=1S/C20H24ClN3O4/c1-5-9(3)24-17(26)13-14(18(24)27)20(23-15(13)10(4)25)11-6-8(2)7-12(21)16(11)22-19(20)28/h6-7,9-10,13-15,23,25H,5H2,1-4H3,(H,22,28)/t9-,10-,13-,14+,15-,20-/m0/s1. The van der Waals surface area contributed by atoms with Crippen molar-refractivity contribution in [2.24, 2.45) is 11.8 Å². The van der Waals surface area contributed by atoms with Gasteiger partial charge in [-0.05, 0) is 38.8 Å². The summed E-state index contributed by atoms with van der Waals surface area (Å²) >= 11 is 6.36. The zero-order valence-corrected chi connectivity index (χ0v) is 17.0. The second-order valence-electron chi connectivity index (χ2n) is 8.15. The predicted octanol–water partition coefficient (Wildman–Crippen LogP) is 1.55. The number of carbonyl (C=O) groups is 3. The number of aliphatic hydroxyl groups excluding tert-OH is 1. The molecule has 4 rings (SSSR count). The molecule has 0 unspecified atom stereocenters. The minimum atomic E-state index is -1.42. The molecule has 1 spiro atoms. The van der Waals surface area contributed by atoms with Crippen molar-refractivity contribution in [1.29, 1.82) is 0 Å². The van der Waals surface area contributed by atoms with Gasteiger partial charge in [0.25, 0.3) is 0 Å². The van der Waals surface area contributed by atoms with E-state index in [0.29, 0.717) is 22.7 Å². The van der Waals surface area contributed by atoms with E-state index in [-0.39, 0.29) is 17.9 Å². The van der Waals surface area contributed by atoms with Crippen LogP contribution in [0.1, 0.15) is 38.3 Å². The van der Waals surface area contributed by atoms with Crippen molar-refractivity contribution in [3.05, 3.63) is 28.3 Å². The molecular weight excluding hydrogens is 382 g/mol. The molecule has 150 valence electrons. The maximum Gasteiger partial charge on any atom is 0.250 e. The Bertz CT molecular complexity index is 902. The third-order valence-electron chi connectivity index (χ3n) is 6.44. The van der Waals surface area contributed by atoms with Crippen LogP contribution in [0.5, 0.6) is 0 Å². The van der Waals surface area contributed by atoms with E-state index in [1.807, 2.05) is 26.8 Å². The van der Waals surface area contributed by atoms with Gasteiger partial charge in [0.2, 0.25) is 17.7 Å². The number of benzene rings is 1. The van der Waals surface area contributed by atoms with Crippen molar-refractivity contribution in [2.45, 2.75) is 57.8 Å². The quantitative estimate of drug-likeness (QED) is 0.663. The Morgan fingerprint density at radius 3 is 2.54 bits per heavy atom. The number of aliphatic hydroxyl groups is 1. The summed E-state index contributed by atoms with van der Waals surface area (Å²) in [6.45, 7) is 7.14. The highest BCUT2D eigenvalue weighted by Crippen LogP contribution is 2.55. The normalized spacial score (nSPS) is 33.3. The summed E-state index contributed by atoms with van der Waals surface area (Å²) in [5.74, 6) is -2.86. The average molecular weight is 406 g/mol. The van der Waals surface area contributed by atoms with Gasteiger partial charge >= 0.3 is 0 Å². The number of fused-ring (bicyclic) bond motifs is 4. The van der Waals surface area contributed by atoms with E-state index in [1.54, 1.807) is 13.0 Å². The molecule has 1 aromatic rings. The monoisotopic (exact) mass is 405 g/mol. The predicted molar refractivity (Wildman–Crippen MR) is 104 cm³/mol. The van der Waals surface area contributed by atoms with E-state index in [4.69, 9.17) is 11.6 Å². The van der Waals surface area contributed by atoms with Crippen LogP contribution in [-0.2, 0) is 19.9 Å². The van der Waals surface area contributed by atoms with Gasteiger partial charge in [0.05, 0.1) is 28.6 Å². The number of halogens is 1. The van der Waals surface area contributed by atoms with E-state index in [0.717, 1.165) is 5.56 Å². The lowest BCUT2D eigenvalue weighted by Gasteiger charge is -2.31. The lowest BCUT2D eigenvalue weighted by molar-refractivity contribution is -0.145. The number of likely N-dealkylation sites (tertiary alicyclic amines) is 1. The first-order chi connectivity index (χ1) is 13.1. The summed E-state index contributed by atoms with van der Waals surface area (Å²) < 4.78 is 0. The highest BCUT2D eigenvalue weighted by Gasteiger charge is 2.71. The molecule has 3 N–H and O–H groups in total. The van der Waals surface area contributed by atoms with Crippen molar-refractivity contribution < 1.29 is 19.5 Å². The van der Waals surface area contributed by atoms with Gasteiger partial charge in [-0.1, -0.05) is 24.6 Å². The van der Waals surface area contributed by atoms with Crippen LogP contribution in [-0.4, -0.2) is 45.9 Å². The molecule has 2 fully saturated rings. The second-order valence-corrected chi connectivity index (χ2v) is 8.56. The number of hydrogen-bond donors (Lipinski definition) is 3. The van der Waals surface area contributed by atoms with Crippen LogP contribution in [0.2, 0.25) is 5.02 Å². The number of rotatable bonds is 3. The number of carbonyl (C=O) groups excluding carboxylic acids is 3. The zero-order chi connectivity index (χ0) is 20.5. The first kappa shape index (κ1) is 19.4. The van der Waals surface area contributed by atoms with Gasteiger partial charge in [-0.25, -0.2) is 0 Å². The van der Waals surface area contributed by atoms with Gasteiger partial charge < -0.3 is 10.4 Å².